The first kappa shape index (κ1) is 17.8. The molecule has 3 nitrogen and oxygen atoms in total. The molecule has 136 valence electrons. The van der Waals surface area contributed by atoms with E-state index >= 15 is 0 Å². The van der Waals surface area contributed by atoms with Gasteiger partial charge in [0.25, 0.3) is 0 Å². The summed E-state index contributed by atoms with van der Waals surface area (Å²) in [6.45, 7) is 3.22. The van der Waals surface area contributed by atoms with E-state index < -0.39 is 0 Å². The number of nitrogens with zero attached hydrogens (tertiary/aromatic N) is 1. The molecule has 1 aliphatic heterocycles. The Balaban J connectivity index is 1.30. The molecule has 1 aromatic heterocycles. The van der Waals surface area contributed by atoms with Crippen molar-refractivity contribution in [3.8, 4) is 11.8 Å². The van der Waals surface area contributed by atoms with Crippen molar-refractivity contribution in [2.75, 3.05) is 19.7 Å². The maximum absolute atomic E-state index is 8.79. The van der Waals surface area contributed by atoms with Gasteiger partial charge in [0, 0.05) is 41.0 Å². The Morgan fingerprint density at radius 3 is 2.81 bits per heavy atom. The monoisotopic (exact) mass is 366 g/mol. The fourth-order valence-corrected chi connectivity index (χ4v) is 4.99. The standard InChI is InChI=1S/C22H26N2OS/c25-10-4-5-17-11-22(26-16-17)14-23-20-8-3-9-24(15-20)21-12-18-6-1-2-7-19(18)13-21/h1-2,6-7,11,16,20-21,23,25H,3,8-10,12-15H2/t20-/m1/s1. The number of aliphatic hydroxyl groups excluding tert-OH is 1. The molecule has 2 heterocycles. The predicted molar refractivity (Wildman–Crippen MR) is 107 cm³/mol. The van der Waals surface area contributed by atoms with Gasteiger partial charge in [0.15, 0.2) is 0 Å². The molecule has 0 spiro atoms. The van der Waals surface area contributed by atoms with Crippen molar-refractivity contribution in [3.63, 3.8) is 0 Å². The average Bonchev–Trinajstić information content (AvgIpc) is 3.31. The van der Waals surface area contributed by atoms with Gasteiger partial charge in [0.1, 0.15) is 6.61 Å². The zero-order valence-corrected chi connectivity index (χ0v) is 15.9. The molecule has 1 saturated heterocycles. The molecule has 2 N–H and O–H groups in total. The number of likely N-dealkylation sites (tertiary alicyclic amines) is 1. The number of nitrogens with one attached hydrogen (secondary N) is 1. The van der Waals surface area contributed by atoms with Gasteiger partial charge in [-0.05, 0) is 49.4 Å². The van der Waals surface area contributed by atoms with E-state index in [-0.39, 0.29) is 6.61 Å². The third-order valence-corrected chi connectivity index (χ3v) is 6.47. The maximum Gasteiger partial charge on any atom is 0.104 e. The van der Waals surface area contributed by atoms with Crippen molar-refractivity contribution in [1.29, 1.82) is 0 Å². The molecule has 1 aromatic carbocycles. The zero-order valence-electron chi connectivity index (χ0n) is 15.1. The summed E-state index contributed by atoms with van der Waals surface area (Å²) in [6.07, 6.45) is 4.96. The van der Waals surface area contributed by atoms with Gasteiger partial charge in [-0.15, -0.1) is 11.3 Å². The lowest BCUT2D eigenvalue weighted by Gasteiger charge is -2.37. The zero-order chi connectivity index (χ0) is 17.8. The summed E-state index contributed by atoms with van der Waals surface area (Å²) < 4.78 is 0. The van der Waals surface area contributed by atoms with Crippen LogP contribution in [0.2, 0.25) is 0 Å². The molecule has 4 heteroatoms. The minimum absolute atomic E-state index is 0.0770. The molecular formula is C22H26N2OS. The van der Waals surface area contributed by atoms with E-state index in [0.717, 1.165) is 18.7 Å². The Hall–Kier alpha value is -1.64. The number of thiophene rings is 1. The summed E-state index contributed by atoms with van der Waals surface area (Å²) in [7, 11) is 0. The molecule has 1 fully saturated rings. The number of aliphatic hydroxyl groups is 1. The van der Waals surface area contributed by atoms with Crippen LogP contribution in [0.1, 0.15) is 34.4 Å². The second-order valence-electron chi connectivity index (χ2n) is 7.31. The van der Waals surface area contributed by atoms with E-state index in [0.29, 0.717) is 12.1 Å². The van der Waals surface area contributed by atoms with Crippen LogP contribution < -0.4 is 5.32 Å². The lowest BCUT2D eigenvalue weighted by Crippen LogP contribution is -2.49. The molecule has 0 amide bonds. The van der Waals surface area contributed by atoms with Crippen LogP contribution in [0.3, 0.4) is 0 Å². The summed E-state index contributed by atoms with van der Waals surface area (Å²) in [5.74, 6) is 5.69. The first-order valence-corrected chi connectivity index (χ1v) is 10.4. The molecule has 1 atom stereocenters. The number of hydrogen-bond acceptors (Lipinski definition) is 4. The quantitative estimate of drug-likeness (QED) is 0.817. The third-order valence-electron chi connectivity index (χ3n) is 5.53. The van der Waals surface area contributed by atoms with Crippen molar-refractivity contribution in [2.45, 2.75) is 44.3 Å². The predicted octanol–water partition coefficient (Wildman–Crippen LogP) is 2.81. The van der Waals surface area contributed by atoms with Crippen LogP contribution in [-0.2, 0) is 19.4 Å². The van der Waals surface area contributed by atoms with Gasteiger partial charge in [-0.1, -0.05) is 36.1 Å². The molecule has 0 saturated carbocycles. The summed E-state index contributed by atoms with van der Waals surface area (Å²) in [5.41, 5.74) is 4.10. The van der Waals surface area contributed by atoms with Crippen LogP contribution in [0.4, 0.5) is 0 Å². The van der Waals surface area contributed by atoms with E-state index in [1.165, 1.54) is 37.1 Å². The minimum Gasteiger partial charge on any atom is -0.384 e. The fourth-order valence-electron chi connectivity index (χ4n) is 4.22. The van der Waals surface area contributed by atoms with Gasteiger partial charge in [-0.2, -0.15) is 0 Å². The van der Waals surface area contributed by atoms with Crippen LogP contribution >= 0.6 is 11.3 Å². The van der Waals surface area contributed by atoms with Gasteiger partial charge in [0.05, 0.1) is 0 Å². The Morgan fingerprint density at radius 2 is 2.04 bits per heavy atom. The van der Waals surface area contributed by atoms with Crippen LogP contribution in [0.15, 0.2) is 35.7 Å². The highest BCUT2D eigenvalue weighted by molar-refractivity contribution is 7.10. The van der Waals surface area contributed by atoms with Crippen LogP contribution in [0.25, 0.3) is 0 Å². The second-order valence-corrected chi connectivity index (χ2v) is 8.30. The first-order chi connectivity index (χ1) is 12.8. The molecule has 0 unspecified atom stereocenters. The molecule has 4 rings (SSSR count). The lowest BCUT2D eigenvalue weighted by atomic mass is 10.0. The SMILES string of the molecule is OCC#Cc1csc(CN[C@@H]2CCCN(C3Cc4ccccc4C3)C2)c1. The Bertz CT molecular complexity index is 779. The van der Waals surface area contributed by atoms with Gasteiger partial charge < -0.3 is 10.4 Å². The van der Waals surface area contributed by atoms with Crippen molar-refractivity contribution >= 4 is 11.3 Å². The van der Waals surface area contributed by atoms with E-state index in [9.17, 15) is 0 Å². The largest absolute Gasteiger partial charge is 0.384 e. The van der Waals surface area contributed by atoms with Crippen LogP contribution in [0.5, 0.6) is 0 Å². The average molecular weight is 367 g/mol. The third kappa shape index (κ3) is 4.19. The molecule has 2 aliphatic rings. The summed E-state index contributed by atoms with van der Waals surface area (Å²) in [5, 5.41) is 14.6. The minimum atomic E-state index is -0.0770. The lowest BCUT2D eigenvalue weighted by molar-refractivity contribution is 0.140. The first-order valence-electron chi connectivity index (χ1n) is 9.53. The van der Waals surface area contributed by atoms with Crippen LogP contribution in [0, 0.1) is 11.8 Å². The number of hydrogen-bond donors (Lipinski definition) is 2. The fraction of sp³-hybridized carbons (Fsp3) is 0.455. The topological polar surface area (TPSA) is 35.5 Å². The molecule has 0 bridgehead atoms. The van der Waals surface area contributed by atoms with E-state index in [1.54, 1.807) is 22.5 Å². The van der Waals surface area contributed by atoms with Gasteiger partial charge in [0.2, 0.25) is 0 Å². The van der Waals surface area contributed by atoms with Gasteiger partial charge in [-0.25, -0.2) is 0 Å². The van der Waals surface area contributed by atoms with E-state index in [4.69, 9.17) is 5.11 Å². The van der Waals surface area contributed by atoms with Crippen molar-refractivity contribution < 1.29 is 5.11 Å². The maximum atomic E-state index is 8.79. The smallest absolute Gasteiger partial charge is 0.104 e. The number of fused-ring (bicyclic) bond motifs is 1. The van der Waals surface area contributed by atoms with Crippen molar-refractivity contribution in [3.05, 3.63) is 57.3 Å². The number of piperidine rings is 1. The highest BCUT2D eigenvalue weighted by Crippen LogP contribution is 2.27. The Morgan fingerprint density at radius 1 is 1.23 bits per heavy atom. The van der Waals surface area contributed by atoms with E-state index in [2.05, 4.69) is 57.8 Å². The molecule has 0 radical (unpaired) electrons. The summed E-state index contributed by atoms with van der Waals surface area (Å²) >= 11 is 1.75. The molecule has 26 heavy (non-hydrogen) atoms. The Labute approximate surface area is 160 Å². The van der Waals surface area contributed by atoms with Gasteiger partial charge in [-0.3, -0.25) is 4.90 Å². The summed E-state index contributed by atoms with van der Waals surface area (Å²) in [6, 6.07) is 12.3. The van der Waals surface area contributed by atoms with E-state index in [1.807, 2.05) is 0 Å². The highest BCUT2D eigenvalue weighted by Gasteiger charge is 2.30. The molecular weight excluding hydrogens is 340 g/mol. The highest BCUT2D eigenvalue weighted by atomic mass is 32.1. The summed E-state index contributed by atoms with van der Waals surface area (Å²) in [4.78, 5) is 4.02. The molecule has 2 aromatic rings. The molecule has 1 aliphatic carbocycles. The normalized spacial score (nSPS) is 20.6. The second kappa shape index (κ2) is 8.37. The van der Waals surface area contributed by atoms with Crippen molar-refractivity contribution in [1.82, 2.24) is 10.2 Å². The van der Waals surface area contributed by atoms with Gasteiger partial charge >= 0.3 is 0 Å². The van der Waals surface area contributed by atoms with Crippen LogP contribution in [-0.4, -0.2) is 41.8 Å². The number of rotatable bonds is 4. The Kier molecular flexibility index (Phi) is 5.72. The van der Waals surface area contributed by atoms with Crippen molar-refractivity contribution in [2.24, 2.45) is 0 Å². The number of benzene rings is 1.